The molecule has 0 saturated heterocycles. The summed E-state index contributed by atoms with van der Waals surface area (Å²) in [6.07, 6.45) is 3.43. The Morgan fingerprint density at radius 2 is 2.40 bits per heavy atom. The molecule has 4 heteroatoms. The van der Waals surface area contributed by atoms with Gasteiger partial charge in [0.15, 0.2) is 0 Å². The van der Waals surface area contributed by atoms with Crippen molar-refractivity contribution in [2.24, 2.45) is 0 Å². The van der Waals surface area contributed by atoms with Crippen LogP contribution in [-0.4, -0.2) is 11.0 Å². The first-order valence-electron chi connectivity index (χ1n) is 4.77. The van der Waals surface area contributed by atoms with Crippen molar-refractivity contribution in [3.05, 3.63) is 45.6 Å². The highest BCUT2D eigenvalue weighted by molar-refractivity contribution is 5.60. The molecule has 1 aromatic rings. The van der Waals surface area contributed by atoms with E-state index >= 15 is 0 Å². The molecule has 2 rings (SSSR count). The summed E-state index contributed by atoms with van der Waals surface area (Å²) in [7, 11) is 0. The summed E-state index contributed by atoms with van der Waals surface area (Å²) in [5.41, 5.74) is 1.89. The molecule has 0 saturated carbocycles. The number of hydrogen-bond acceptors (Lipinski definition) is 3. The lowest BCUT2D eigenvalue weighted by molar-refractivity contribution is -0.400. The molecule has 0 amide bonds. The van der Waals surface area contributed by atoms with Crippen molar-refractivity contribution < 1.29 is 9.66 Å². The number of ether oxygens (including phenoxy) is 1. The SMILES string of the molecule is C[C@H]1Cc2cccc(/C=C/[N+](=O)[O-])c2O1. The fourth-order valence-corrected chi connectivity index (χ4v) is 1.73. The average Bonchev–Trinajstić information content (AvgIpc) is 2.55. The molecule has 1 aromatic carbocycles. The Morgan fingerprint density at radius 1 is 1.60 bits per heavy atom. The van der Waals surface area contributed by atoms with E-state index in [1.165, 1.54) is 6.08 Å². The van der Waals surface area contributed by atoms with Crippen LogP contribution in [0.1, 0.15) is 18.1 Å². The number of nitro groups is 1. The molecule has 15 heavy (non-hydrogen) atoms. The largest absolute Gasteiger partial charge is 0.489 e. The van der Waals surface area contributed by atoms with Gasteiger partial charge in [0, 0.05) is 18.1 Å². The van der Waals surface area contributed by atoms with Crippen molar-refractivity contribution in [1.29, 1.82) is 0 Å². The lowest BCUT2D eigenvalue weighted by Gasteiger charge is -2.04. The normalized spacial score (nSPS) is 18.9. The molecule has 1 atom stereocenters. The summed E-state index contributed by atoms with van der Waals surface area (Å²) >= 11 is 0. The van der Waals surface area contributed by atoms with Crippen molar-refractivity contribution in [3.8, 4) is 5.75 Å². The molecule has 0 aliphatic carbocycles. The molecule has 0 bridgehead atoms. The van der Waals surface area contributed by atoms with Crippen LogP contribution in [-0.2, 0) is 6.42 Å². The van der Waals surface area contributed by atoms with Gasteiger partial charge >= 0.3 is 0 Å². The van der Waals surface area contributed by atoms with Crippen LogP contribution in [0.15, 0.2) is 24.4 Å². The van der Waals surface area contributed by atoms with Crippen LogP contribution >= 0.6 is 0 Å². The molecular formula is C11H11NO3. The number of para-hydroxylation sites is 1. The molecule has 4 nitrogen and oxygen atoms in total. The fraction of sp³-hybridized carbons (Fsp3) is 0.273. The minimum absolute atomic E-state index is 0.158. The summed E-state index contributed by atoms with van der Waals surface area (Å²) in [6, 6.07) is 5.69. The highest BCUT2D eigenvalue weighted by atomic mass is 16.6. The van der Waals surface area contributed by atoms with Crippen LogP contribution in [0, 0.1) is 10.1 Å². The maximum atomic E-state index is 10.2. The third-order valence-corrected chi connectivity index (χ3v) is 2.33. The second kappa shape index (κ2) is 3.73. The summed E-state index contributed by atoms with van der Waals surface area (Å²) in [6.45, 7) is 1.99. The number of nitrogens with zero attached hydrogens (tertiary/aromatic N) is 1. The van der Waals surface area contributed by atoms with Crippen molar-refractivity contribution in [2.75, 3.05) is 0 Å². The zero-order valence-corrected chi connectivity index (χ0v) is 8.34. The molecule has 1 heterocycles. The maximum Gasteiger partial charge on any atom is 0.235 e. The first-order chi connectivity index (χ1) is 7.16. The van der Waals surface area contributed by atoms with Gasteiger partial charge in [0.1, 0.15) is 11.9 Å². The van der Waals surface area contributed by atoms with E-state index in [0.717, 1.165) is 29.5 Å². The van der Waals surface area contributed by atoms with Crippen molar-refractivity contribution >= 4 is 6.08 Å². The first-order valence-corrected chi connectivity index (χ1v) is 4.77. The Morgan fingerprint density at radius 3 is 3.13 bits per heavy atom. The smallest absolute Gasteiger partial charge is 0.235 e. The summed E-state index contributed by atoms with van der Waals surface area (Å²) in [4.78, 5) is 9.74. The molecule has 0 radical (unpaired) electrons. The van der Waals surface area contributed by atoms with E-state index in [-0.39, 0.29) is 6.10 Å². The molecule has 1 aliphatic heterocycles. The summed E-state index contributed by atoms with van der Waals surface area (Å²) < 4.78 is 5.60. The van der Waals surface area contributed by atoms with E-state index < -0.39 is 4.92 Å². The second-order valence-electron chi connectivity index (χ2n) is 3.57. The Kier molecular flexibility index (Phi) is 2.41. The highest BCUT2D eigenvalue weighted by Crippen LogP contribution is 2.32. The van der Waals surface area contributed by atoms with Gasteiger partial charge in [-0.25, -0.2) is 0 Å². The van der Waals surface area contributed by atoms with Gasteiger partial charge in [0.2, 0.25) is 6.20 Å². The number of hydrogen-bond donors (Lipinski definition) is 0. The maximum absolute atomic E-state index is 10.2. The first kappa shape index (κ1) is 9.71. The third kappa shape index (κ3) is 1.98. The van der Waals surface area contributed by atoms with Crippen LogP contribution in [0.4, 0.5) is 0 Å². The van der Waals surface area contributed by atoms with Gasteiger partial charge in [-0.05, 0) is 12.5 Å². The second-order valence-corrected chi connectivity index (χ2v) is 3.57. The fourth-order valence-electron chi connectivity index (χ4n) is 1.73. The van der Waals surface area contributed by atoms with E-state index in [1.807, 2.05) is 25.1 Å². The molecule has 0 aromatic heterocycles. The van der Waals surface area contributed by atoms with Crippen LogP contribution in [0.5, 0.6) is 5.75 Å². The Hall–Kier alpha value is -1.84. The minimum atomic E-state index is -0.474. The Labute approximate surface area is 87.3 Å². The van der Waals surface area contributed by atoms with Crippen molar-refractivity contribution in [2.45, 2.75) is 19.4 Å². The van der Waals surface area contributed by atoms with E-state index in [0.29, 0.717) is 0 Å². The summed E-state index contributed by atoms with van der Waals surface area (Å²) in [5.74, 6) is 0.781. The van der Waals surface area contributed by atoms with Gasteiger partial charge in [-0.3, -0.25) is 10.1 Å². The highest BCUT2D eigenvalue weighted by Gasteiger charge is 2.20. The zero-order valence-electron chi connectivity index (χ0n) is 8.34. The van der Waals surface area contributed by atoms with Crippen molar-refractivity contribution in [1.82, 2.24) is 0 Å². The minimum Gasteiger partial charge on any atom is -0.489 e. The van der Waals surface area contributed by atoms with Crippen LogP contribution in [0.2, 0.25) is 0 Å². The van der Waals surface area contributed by atoms with E-state index in [9.17, 15) is 10.1 Å². The number of fused-ring (bicyclic) bond motifs is 1. The summed E-state index contributed by atoms with van der Waals surface area (Å²) in [5, 5.41) is 10.2. The van der Waals surface area contributed by atoms with E-state index in [2.05, 4.69) is 0 Å². The number of rotatable bonds is 2. The van der Waals surface area contributed by atoms with Gasteiger partial charge in [-0.2, -0.15) is 0 Å². The topological polar surface area (TPSA) is 52.4 Å². The molecule has 0 spiro atoms. The number of benzene rings is 1. The molecule has 78 valence electrons. The molecule has 1 aliphatic rings. The Balaban J connectivity index is 2.34. The van der Waals surface area contributed by atoms with E-state index in [1.54, 1.807) is 0 Å². The standard InChI is InChI=1S/C11H11NO3/c1-8-7-10-4-2-3-9(11(10)15-8)5-6-12(13)14/h2-6,8H,7H2,1H3/b6-5+/t8-/m0/s1. The predicted molar refractivity (Wildman–Crippen MR) is 56.3 cm³/mol. The quantitative estimate of drug-likeness (QED) is 0.549. The van der Waals surface area contributed by atoms with Gasteiger partial charge in [0.25, 0.3) is 0 Å². The molecule has 0 fully saturated rings. The van der Waals surface area contributed by atoms with Crippen LogP contribution < -0.4 is 4.74 Å². The monoisotopic (exact) mass is 205 g/mol. The molecule has 0 N–H and O–H groups in total. The van der Waals surface area contributed by atoms with Gasteiger partial charge in [0.05, 0.1) is 4.92 Å². The Bertz CT molecular complexity index is 426. The van der Waals surface area contributed by atoms with Gasteiger partial charge in [-0.1, -0.05) is 18.2 Å². The van der Waals surface area contributed by atoms with Crippen LogP contribution in [0.25, 0.3) is 6.08 Å². The molecule has 0 unspecified atom stereocenters. The zero-order chi connectivity index (χ0) is 10.8. The third-order valence-electron chi connectivity index (χ3n) is 2.33. The van der Waals surface area contributed by atoms with Crippen LogP contribution in [0.3, 0.4) is 0 Å². The van der Waals surface area contributed by atoms with E-state index in [4.69, 9.17) is 4.74 Å². The predicted octanol–water partition coefficient (Wildman–Crippen LogP) is 2.26. The lowest BCUT2D eigenvalue weighted by Crippen LogP contribution is -2.05. The van der Waals surface area contributed by atoms with Gasteiger partial charge in [-0.15, -0.1) is 0 Å². The lowest BCUT2D eigenvalue weighted by atomic mass is 10.1. The average molecular weight is 205 g/mol. The van der Waals surface area contributed by atoms with Gasteiger partial charge < -0.3 is 4.74 Å². The van der Waals surface area contributed by atoms with Crippen molar-refractivity contribution in [3.63, 3.8) is 0 Å². The molecular weight excluding hydrogens is 194 g/mol.